The summed E-state index contributed by atoms with van der Waals surface area (Å²) in [6.45, 7) is 0. The van der Waals surface area contributed by atoms with Crippen LogP contribution in [0.2, 0.25) is 0 Å². The third kappa shape index (κ3) is 1.83. The Bertz CT molecular complexity index is 604. The predicted molar refractivity (Wildman–Crippen MR) is 64.2 cm³/mol. The van der Waals surface area contributed by atoms with Crippen LogP contribution in [-0.4, -0.2) is 34.8 Å². The van der Waals surface area contributed by atoms with E-state index in [1.54, 1.807) is 12.1 Å². The summed E-state index contributed by atoms with van der Waals surface area (Å²) in [5.74, 6) is -2.42. The third-order valence-corrected chi connectivity index (χ3v) is 3.22. The van der Waals surface area contributed by atoms with Crippen LogP contribution in [0.4, 0.5) is 0 Å². The first kappa shape index (κ1) is 12.3. The van der Waals surface area contributed by atoms with Gasteiger partial charge in [0, 0.05) is 6.42 Å². The molecule has 1 fully saturated rings. The molecule has 0 radical (unpaired) electrons. The van der Waals surface area contributed by atoms with E-state index >= 15 is 0 Å². The molecule has 0 bridgehead atoms. The molecule has 20 heavy (non-hydrogen) atoms. The van der Waals surface area contributed by atoms with Gasteiger partial charge in [-0.3, -0.25) is 14.4 Å². The van der Waals surface area contributed by atoms with Crippen LogP contribution in [0.25, 0.3) is 0 Å². The van der Waals surface area contributed by atoms with Crippen LogP contribution in [0.1, 0.15) is 33.6 Å². The van der Waals surface area contributed by atoms with Gasteiger partial charge in [-0.05, 0) is 18.6 Å². The predicted octanol–water partition coefficient (Wildman–Crippen LogP) is 0.0194. The smallest absolute Gasteiger partial charge is 0.343 e. The molecule has 0 spiro atoms. The average Bonchev–Trinajstić information content (AvgIpc) is 2.98. The molecule has 2 heterocycles. The summed E-state index contributed by atoms with van der Waals surface area (Å²) in [7, 11) is 0. The lowest BCUT2D eigenvalue weighted by Crippen LogP contribution is -2.41. The molecule has 1 saturated heterocycles. The highest BCUT2D eigenvalue weighted by Crippen LogP contribution is 2.23. The monoisotopic (exact) mass is 274 g/mol. The number of nitrogens with one attached hydrogen (secondary N) is 1. The summed E-state index contributed by atoms with van der Waals surface area (Å²) >= 11 is 0. The fourth-order valence-electron chi connectivity index (χ4n) is 2.19. The lowest BCUT2D eigenvalue weighted by atomic mass is 10.1. The zero-order valence-corrected chi connectivity index (χ0v) is 10.3. The van der Waals surface area contributed by atoms with Crippen molar-refractivity contribution in [1.82, 2.24) is 10.4 Å². The lowest BCUT2D eigenvalue weighted by molar-refractivity contribution is -0.171. The topological polar surface area (TPSA) is 92.8 Å². The highest BCUT2D eigenvalue weighted by atomic mass is 16.7. The molecule has 102 valence electrons. The third-order valence-electron chi connectivity index (χ3n) is 3.22. The maximum Gasteiger partial charge on any atom is 0.355 e. The Balaban J connectivity index is 1.77. The molecule has 2 aliphatic rings. The lowest BCUT2D eigenvalue weighted by Gasteiger charge is -2.15. The van der Waals surface area contributed by atoms with E-state index in [-0.39, 0.29) is 23.5 Å². The van der Waals surface area contributed by atoms with Crippen molar-refractivity contribution in [1.29, 1.82) is 0 Å². The van der Waals surface area contributed by atoms with Crippen molar-refractivity contribution >= 4 is 23.7 Å². The standard InChI is InChI=1S/C13H10N2O5/c16-10-6-5-9(14-10)13(19)20-15-11(17)7-3-1-2-4-8(7)12(15)18/h1-4,9H,5-6H2,(H,14,16)/t9-/m0/s1. The number of amides is 3. The molecule has 3 amide bonds. The largest absolute Gasteiger partial charge is 0.355 e. The molecule has 0 unspecified atom stereocenters. The second kappa shape index (κ2) is 4.44. The Labute approximate surface area is 113 Å². The SMILES string of the molecule is O=C1CC[C@@H](C(=O)ON2C(=O)c3ccccc3C2=O)N1. The summed E-state index contributed by atoms with van der Waals surface area (Å²) in [4.78, 5) is 51.6. The molecule has 0 saturated carbocycles. The van der Waals surface area contributed by atoms with E-state index in [2.05, 4.69) is 5.32 Å². The number of hydrogen-bond donors (Lipinski definition) is 1. The van der Waals surface area contributed by atoms with Crippen LogP contribution in [0.15, 0.2) is 24.3 Å². The van der Waals surface area contributed by atoms with E-state index in [0.717, 1.165) is 0 Å². The Morgan fingerprint density at radius 1 is 1.15 bits per heavy atom. The molecule has 1 aromatic carbocycles. The zero-order chi connectivity index (χ0) is 14.3. The van der Waals surface area contributed by atoms with Gasteiger partial charge in [0.05, 0.1) is 11.1 Å². The number of imide groups is 1. The van der Waals surface area contributed by atoms with Gasteiger partial charge in [-0.25, -0.2) is 4.79 Å². The van der Waals surface area contributed by atoms with Crippen LogP contribution in [-0.2, 0) is 14.4 Å². The van der Waals surface area contributed by atoms with Crippen LogP contribution in [0.3, 0.4) is 0 Å². The maximum atomic E-state index is 12.0. The molecule has 7 nitrogen and oxygen atoms in total. The number of carbonyl (C=O) groups excluding carboxylic acids is 4. The molecule has 3 rings (SSSR count). The van der Waals surface area contributed by atoms with Gasteiger partial charge in [0.1, 0.15) is 6.04 Å². The first-order chi connectivity index (χ1) is 9.58. The van der Waals surface area contributed by atoms with E-state index in [4.69, 9.17) is 4.84 Å². The van der Waals surface area contributed by atoms with Crippen molar-refractivity contribution < 1.29 is 24.0 Å². The van der Waals surface area contributed by atoms with Gasteiger partial charge < -0.3 is 10.2 Å². The van der Waals surface area contributed by atoms with Crippen molar-refractivity contribution in [3.05, 3.63) is 35.4 Å². The highest BCUT2D eigenvalue weighted by molar-refractivity contribution is 6.20. The average molecular weight is 274 g/mol. The van der Waals surface area contributed by atoms with Crippen molar-refractivity contribution in [2.45, 2.75) is 18.9 Å². The number of rotatable bonds is 2. The minimum absolute atomic E-state index is 0.195. The van der Waals surface area contributed by atoms with Crippen LogP contribution < -0.4 is 5.32 Å². The quantitative estimate of drug-likeness (QED) is 0.767. The summed E-state index contributed by atoms with van der Waals surface area (Å²) in [6.07, 6.45) is 0.517. The van der Waals surface area contributed by atoms with Gasteiger partial charge >= 0.3 is 5.97 Å². The van der Waals surface area contributed by atoms with E-state index in [1.165, 1.54) is 12.1 Å². The van der Waals surface area contributed by atoms with Crippen molar-refractivity contribution in [3.63, 3.8) is 0 Å². The molecule has 0 aliphatic carbocycles. The summed E-state index contributed by atoms with van der Waals surface area (Å²) in [5, 5.41) is 2.86. The fraction of sp³-hybridized carbons (Fsp3) is 0.231. The second-order valence-electron chi connectivity index (χ2n) is 4.52. The Morgan fingerprint density at radius 3 is 2.25 bits per heavy atom. The fourth-order valence-corrected chi connectivity index (χ4v) is 2.19. The number of carbonyl (C=O) groups is 4. The highest BCUT2D eigenvalue weighted by Gasteiger charge is 2.40. The number of hydrogen-bond acceptors (Lipinski definition) is 5. The number of fused-ring (bicyclic) bond motifs is 1. The zero-order valence-electron chi connectivity index (χ0n) is 10.3. The van der Waals surface area contributed by atoms with E-state index in [9.17, 15) is 19.2 Å². The van der Waals surface area contributed by atoms with E-state index < -0.39 is 23.8 Å². The number of benzene rings is 1. The van der Waals surface area contributed by atoms with Crippen LogP contribution >= 0.6 is 0 Å². The van der Waals surface area contributed by atoms with Crippen LogP contribution in [0.5, 0.6) is 0 Å². The molecule has 0 aromatic heterocycles. The second-order valence-corrected chi connectivity index (χ2v) is 4.52. The molecular weight excluding hydrogens is 264 g/mol. The molecule has 1 atom stereocenters. The van der Waals surface area contributed by atoms with Crippen LogP contribution in [0, 0.1) is 0 Å². The molecule has 2 aliphatic heterocycles. The van der Waals surface area contributed by atoms with Crippen molar-refractivity contribution in [2.24, 2.45) is 0 Å². The molecular formula is C13H10N2O5. The molecule has 7 heteroatoms. The van der Waals surface area contributed by atoms with E-state index in [1.807, 2.05) is 0 Å². The number of hydroxylamine groups is 2. The first-order valence-corrected chi connectivity index (χ1v) is 6.07. The van der Waals surface area contributed by atoms with Gasteiger partial charge in [-0.15, -0.1) is 0 Å². The molecule has 1 N–H and O–H groups in total. The van der Waals surface area contributed by atoms with E-state index in [0.29, 0.717) is 11.5 Å². The normalized spacial score (nSPS) is 20.9. The number of nitrogens with zero attached hydrogens (tertiary/aromatic N) is 1. The maximum absolute atomic E-state index is 12.0. The first-order valence-electron chi connectivity index (χ1n) is 6.07. The van der Waals surface area contributed by atoms with Crippen molar-refractivity contribution in [2.75, 3.05) is 0 Å². The Hall–Kier alpha value is -2.70. The molecule has 1 aromatic rings. The van der Waals surface area contributed by atoms with Gasteiger partial charge in [0.25, 0.3) is 11.8 Å². The van der Waals surface area contributed by atoms with Gasteiger partial charge in [0.2, 0.25) is 5.91 Å². The minimum Gasteiger partial charge on any atom is -0.343 e. The van der Waals surface area contributed by atoms with Gasteiger partial charge in [-0.2, -0.15) is 0 Å². The Kier molecular flexibility index (Phi) is 2.74. The minimum atomic E-state index is -0.814. The summed E-state index contributed by atoms with van der Waals surface area (Å²) in [5.41, 5.74) is 0.390. The summed E-state index contributed by atoms with van der Waals surface area (Å²) < 4.78 is 0. The van der Waals surface area contributed by atoms with Gasteiger partial charge in [-0.1, -0.05) is 17.2 Å². The van der Waals surface area contributed by atoms with Crippen molar-refractivity contribution in [3.8, 4) is 0 Å². The Morgan fingerprint density at radius 2 is 1.75 bits per heavy atom. The summed E-state index contributed by atoms with van der Waals surface area (Å²) in [6, 6.07) is 5.40. The van der Waals surface area contributed by atoms with Gasteiger partial charge in [0.15, 0.2) is 0 Å².